The largest absolute Gasteiger partial charge is 0.288 e. The number of rotatable bonds is 3. The number of piperazine rings is 1. The van der Waals surface area contributed by atoms with Gasteiger partial charge in [0.2, 0.25) is 10.0 Å². The predicted molar refractivity (Wildman–Crippen MR) is 81.5 cm³/mol. The highest BCUT2D eigenvalue weighted by Crippen LogP contribution is 2.25. The summed E-state index contributed by atoms with van der Waals surface area (Å²) in [6.45, 7) is 8.12. The highest BCUT2D eigenvalue weighted by Gasteiger charge is 2.30. The molecule has 21 heavy (non-hydrogen) atoms. The van der Waals surface area contributed by atoms with Crippen molar-refractivity contribution in [3.8, 4) is 6.07 Å². The van der Waals surface area contributed by atoms with Crippen LogP contribution in [-0.2, 0) is 10.0 Å². The summed E-state index contributed by atoms with van der Waals surface area (Å²) in [5.74, 6) is 0. The van der Waals surface area contributed by atoms with E-state index < -0.39 is 10.0 Å². The minimum Gasteiger partial charge on any atom is -0.288 e. The van der Waals surface area contributed by atoms with E-state index in [-0.39, 0.29) is 0 Å². The van der Waals surface area contributed by atoms with Crippen LogP contribution in [0.25, 0.3) is 0 Å². The van der Waals surface area contributed by atoms with Crippen molar-refractivity contribution in [1.29, 1.82) is 5.26 Å². The number of hydrogen-bond donors (Lipinski definition) is 0. The first kappa shape index (κ1) is 16.0. The molecule has 0 atom stereocenters. The zero-order valence-corrected chi connectivity index (χ0v) is 13.6. The summed E-state index contributed by atoms with van der Waals surface area (Å²) in [7, 11) is -3.45. The average Bonchev–Trinajstić information content (AvgIpc) is 2.38. The molecule has 0 aromatic heterocycles. The third-order valence-electron chi connectivity index (χ3n) is 3.83. The van der Waals surface area contributed by atoms with Gasteiger partial charge in [0.25, 0.3) is 0 Å². The molecule has 0 unspecified atom stereocenters. The quantitative estimate of drug-likeness (QED) is 0.793. The van der Waals surface area contributed by atoms with Crippen LogP contribution in [-0.4, -0.2) is 50.3 Å². The number of aryl methyl sites for hydroxylation is 3. The number of nitrogens with zero attached hydrogens (tertiary/aromatic N) is 3. The molecule has 0 amide bonds. The molecule has 1 aromatic carbocycles. The van der Waals surface area contributed by atoms with Crippen LogP contribution < -0.4 is 0 Å². The Morgan fingerprint density at radius 2 is 1.62 bits per heavy atom. The summed E-state index contributed by atoms with van der Waals surface area (Å²) < 4.78 is 27.2. The lowest BCUT2D eigenvalue weighted by Gasteiger charge is -2.33. The van der Waals surface area contributed by atoms with Gasteiger partial charge in [0.05, 0.1) is 17.5 Å². The van der Waals surface area contributed by atoms with E-state index in [9.17, 15) is 8.42 Å². The fraction of sp³-hybridized carbons (Fsp3) is 0.533. The van der Waals surface area contributed by atoms with Gasteiger partial charge in [0.15, 0.2) is 0 Å². The molecule has 1 aromatic rings. The Balaban J connectivity index is 2.27. The van der Waals surface area contributed by atoms with Gasteiger partial charge < -0.3 is 0 Å². The normalized spacial score (nSPS) is 17.6. The Bertz CT molecular complexity index is 646. The van der Waals surface area contributed by atoms with Gasteiger partial charge in [-0.1, -0.05) is 17.7 Å². The van der Waals surface area contributed by atoms with E-state index >= 15 is 0 Å². The fourth-order valence-corrected chi connectivity index (χ4v) is 4.76. The maximum Gasteiger partial charge on any atom is 0.243 e. The molecule has 0 aliphatic carbocycles. The van der Waals surface area contributed by atoms with Gasteiger partial charge in [0.1, 0.15) is 0 Å². The van der Waals surface area contributed by atoms with Crippen molar-refractivity contribution < 1.29 is 8.42 Å². The molecule has 6 heteroatoms. The summed E-state index contributed by atoms with van der Waals surface area (Å²) in [5, 5.41) is 8.70. The van der Waals surface area contributed by atoms with E-state index in [0.29, 0.717) is 37.6 Å². The average molecular weight is 307 g/mol. The van der Waals surface area contributed by atoms with Crippen molar-refractivity contribution in [3.05, 3.63) is 28.8 Å². The maximum atomic E-state index is 12.8. The molecule has 2 rings (SSSR count). The third-order valence-corrected chi connectivity index (χ3v) is 6.03. The molecular weight excluding hydrogens is 286 g/mol. The smallest absolute Gasteiger partial charge is 0.243 e. The van der Waals surface area contributed by atoms with Crippen molar-refractivity contribution in [3.63, 3.8) is 0 Å². The lowest BCUT2D eigenvalue weighted by molar-refractivity contribution is 0.206. The highest BCUT2D eigenvalue weighted by atomic mass is 32.2. The molecule has 0 spiro atoms. The third kappa shape index (κ3) is 3.26. The van der Waals surface area contributed by atoms with E-state index in [0.717, 1.165) is 16.7 Å². The second-order valence-electron chi connectivity index (χ2n) is 5.57. The lowest BCUT2D eigenvalue weighted by atomic mass is 10.1. The van der Waals surface area contributed by atoms with Gasteiger partial charge in [-0.3, -0.25) is 4.90 Å². The zero-order chi connectivity index (χ0) is 15.6. The molecule has 1 fully saturated rings. The molecule has 1 heterocycles. The van der Waals surface area contributed by atoms with Crippen molar-refractivity contribution in [2.24, 2.45) is 0 Å². The Hall–Kier alpha value is -1.42. The summed E-state index contributed by atoms with van der Waals surface area (Å²) >= 11 is 0. The first-order chi connectivity index (χ1) is 9.86. The molecule has 1 aliphatic heterocycles. The lowest BCUT2D eigenvalue weighted by Crippen LogP contribution is -2.48. The Labute approximate surface area is 126 Å². The van der Waals surface area contributed by atoms with E-state index in [2.05, 4.69) is 6.07 Å². The molecular formula is C15H21N3O2S. The van der Waals surface area contributed by atoms with Gasteiger partial charge in [-0.05, 0) is 31.9 Å². The highest BCUT2D eigenvalue weighted by molar-refractivity contribution is 7.89. The first-order valence-corrected chi connectivity index (χ1v) is 8.47. The number of benzene rings is 1. The second kappa shape index (κ2) is 6.14. The van der Waals surface area contributed by atoms with Crippen LogP contribution in [0.1, 0.15) is 16.7 Å². The minimum absolute atomic E-state index is 0.358. The van der Waals surface area contributed by atoms with E-state index in [4.69, 9.17) is 5.26 Å². The van der Waals surface area contributed by atoms with Gasteiger partial charge in [-0.25, -0.2) is 8.42 Å². The van der Waals surface area contributed by atoms with Crippen LogP contribution in [0.15, 0.2) is 17.0 Å². The summed E-state index contributed by atoms with van der Waals surface area (Å²) in [6, 6.07) is 5.92. The summed E-state index contributed by atoms with van der Waals surface area (Å²) in [5.41, 5.74) is 2.67. The van der Waals surface area contributed by atoms with E-state index in [1.165, 1.54) is 4.31 Å². The van der Waals surface area contributed by atoms with Crippen molar-refractivity contribution in [2.45, 2.75) is 25.7 Å². The van der Waals surface area contributed by atoms with Crippen LogP contribution in [0.5, 0.6) is 0 Å². The summed E-state index contributed by atoms with van der Waals surface area (Å²) in [6.07, 6.45) is 0. The Kier molecular flexibility index (Phi) is 4.67. The van der Waals surface area contributed by atoms with Gasteiger partial charge in [-0.15, -0.1) is 0 Å². The van der Waals surface area contributed by atoms with E-state index in [1.54, 1.807) is 0 Å². The summed E-state index contributed by atoms with van der Waals surface area (Å²) in [4.78, 5) is 2.41. The molecule has 114 valence electrons. The molecule has 5 nitrogen and oxygen atoms in total. The maximum absolute atomic E-state index is 12.8. The van der Waals surface area contributed by atoms with Crippen molar-refractivity contribution in [1.82, 2.24) is 9.21 Å². The van der Waals surface area contributed by atoms with Crippen LogP contribution in [0.3, 0.4) is 0 Å². The van der Waals surface area contributed by atoms with Gasteiger partial charge >= 0.3 is 0 Å². The minimum atomic E-state index is -3.45. The van der Waals surface area contributed by atoms with E-state index in [1.807, 2.05) is 37.8 Å². The number of sulfonamides is 1. The van der Waals surface area contributed by atoms with Crippen LogP contribution in [0.4, 0.5) is 0 Å². The standard InChI is InChI=1S/C15H21N3O2S/c1-12-10-13(2)15(14(3)11-12)21(19,20)18-8-6-17(5-4-16)7-9-18/h10-11H,5-9H2,1-3H3. The number of nitriles is 1. The Morgan fingerprint density at radius 3 is 2.10 bits per heavy atom. The number of hydrogen-bond acceptors (Lipinski definition) is 4. The molecule has 0 saturated carbocycles. The monoisotopic (exact) mass is 307 g/mol. The molecule has 0 bridgehead atoms. The fourth-order valence-electron chi connectivity index (χ4n) is 2.93. The Morgan fingerprint density at radius 1 is 1.10 bits per heavy atom. The predicted octanol–water partition coefficient (Wildman–Crippen LogP) is 1.44. The van der Waals surface area contributed by atoms with Crippen LogP contribution >= 0.6 is 0 Å². The topological polar surface area (TPSA) is 64.4 Å². The van der Waals surface area contributed by atoms with Crippen LogP contribution in [0, 0.1) is 32.1 Å². The molecule has 0 N–H and O–H groups in total. The first-order valence-electron chi connectivity index (χ1n) is 7.03. The molecule has 1 aliphatic rings. The SMILES string of the molecule is Cc1cc(C)c(S(=O)(=O)N2CCN(CC#N)CC2)c(C)c1. The van der Waals surface area contributed by atoms with Crippen molar-refractivity contribution >= 4 is 10.0 Å². The van der Waals surface area contributed by atoms with Gasteiger partial charge in [-0.2, -0.15) is 9.57 Å². The van der Waals surface area contributed by atoms with Gasteiger partial charge in [0, 0.05) is 26.2 Å². The molecule has 1 saturated heterocycles. The molecule has 0 radical (unpaired) electrons. The van der Waals surface area contributed by atoms with Crippen molar-refractivity contribution in [2.75, 3.05) is 32.7 Å². The second-order valence-corrected chi connectivity index (χ2v) is 7.44. The van der Waals surface area contributed by atoms with Crippen LogP contribution in [0.2, 0.25) is 0 Å². The zero-order valence-electron chi connectivity index (χ0n) is 12.8.